The van der Waals surface area contributed by atoms with Crippen LogP contribution in [0.5, 0.6) is 0 Å². The van der Waals surface area contributed by atoms with Gasteiger partial charge in [0.25, 0.3) is 0 Å². The fourth-order valence-electron chi connectivity index (χ4n) is 2.18. The minimum Gasteiger partial charge on any atom is -0.0898 e. The molecule has 0 aliphatic carbocycles. The van der Waals surface area contributed by atoms with Gasteiger partial charge in [-0.15, -0.1) is 0 Å². The molecule has 20 heavy (non-hydrogen) atoms. The van der Waals surface area contributed by atoms with E-state index < -0.39 is 0 Å². The molecule has 0 bridgehead atoms. The normalized spacial score (nSPS) is 11.9. The molecule has 0 saturated heterocycles. The average Bonchev–Trinajstić information content (AvgIpc) is 2.38. The highest BCUT2D eigenvalue weighted by molar-refractivity contribution is 7.99. The monoisotopic (exact) mass is 284 g/mol. The van der Waals surface area contributed by atoms with Crippen LogP contribution in [-0.4, -0.2) is 0 Å². The van der Waals surface area contributed by atoms with E-state index in [4.69, 9.17) is 0 Å². The molecule has 0 atom stereocenters. The standard InChI is InChI=1S/C19H24S/c1-14(2)17-12-11-15(19(3,4)5)13-18(17)20-16-9-7-6-8-10-16/h6-14H,1-5H3. The molecule has 0 nitrogen and oxygen atoms in total. The zero-order valence-electron chi connectivity index (χ0n) is 13.1. The third-order valence-electron chi connectivity index (χ3n) is 3.47. The van der Waals surface area contributed by atoms with Crippen molar-refractivity contribution in [2.24, 2.45) is 0 Å². The lowest BCUT2D eigenvalue weighted by Crippen LogP contribution is -2.11. The summed E-state index contributed by atoms with van der Waals surface area (Å²) in [7, 11) is 0. The highest BCUT2D eigenvalue weighted by Gasteiger charge is 2.17. The average molecular weight is 284 g/mol. The Labute approximate surface area is 127 Å². The van der Waals surface area contributed by atoms with Gasteiger partial charge < -0.3 is 0 Å². The van der Waals surface area contributed by atoms with Gasteiger partial charge in [-0.05, 0) is 40.7 Å². The Bertz CT molecular complexity index is 562. The summed E-state index contributed by atoms with van der Waals surface area (Å²) in [5.74, 6) is 0.551. The molecule has 2 rings (SSSR count). The van der Waals surface area contributed by atoms with Gasteiger partial charge in [-0.3, -0.25) is 0 Å². The van der Waals surface area contributed by atoms with Crippen molar-refractivity contribution in [2.45, 2.75) is 55.7 Å². The maximum absolute atomic E-state index is 2.37. The van der Waals surface area contributed by atoms with Crippen LogP contribution in [0.25, 0.3) is 0 Å². The summed E-state index contributed by atoms with van der Waals surface area (Å²) in [6, 6.07) is 17.6. The van der Waals surface area contributed by atoms with Gasteiger partial charge in [0.05, 0.1) is 0 Å². The Balaban J connectivity index is 2.42. The smallest absolute Gasteiger partial charge is 0.0159 e. The number of benzene rings is 2. The zero-order chi connectivity index (χ0) is 14.8. The first-order valence-corrected chi connectivity index (χ1v) is 8.07. The predicted octanol–water partition coefficient (Wildman–Crippen LogP) is 6.26. The fraction of sp³-hybridized carbons (Fsp3) is 0.368. The molecule has 0 spiro atoms. The van der Waals surface area contributed by atoms with Gasteiger partial charge in [0, 0.05) is 9.79 Å². The van der Waals surface area contributed by atoms with Gasteiger partial charge in [-0.25, -0.2) is 0 Å². The van der Waals surface area contributed by atoms with Crippen molar-refractivity contribution in [3.05, 3.63) is 59.7 Å². The summed E-state index contributed by atoms with van der Waals surface area (Å²) in [6.07, 6.45) is 0. The molecule has 0 radical (unpaired) electrons. The second-order valence-electron chi connectivity index (χ2n) is 6.57. The van der Waals surface area contributed by atoms with Crippen molar-refractivity contribution in [1.82, 2.24) is 0 Å². The second kappa shape index (κ2) is 6.05. The molecule has 0 aromatic heterocycles. The molecule has 106 valence electrons. The van der Waals surface area contributed by atoms with Crippen LogP contribution in [0.15, 0.2) is 58.3 Å². The van der Waals surface area contributed by atoms with E-state index in [0.29, 0.717) is 5.92 Å². The Morgan fingerprint density at radius 2 is 1.55 bits per heavy atom. The number of hydrogen-bond donors (Lipinski definition) is 0. The first-order valence-electron chi connectivity index (χ1n) is 7.25. The van der Waals surface area contributed by atoms with Gasteiger partial charge in [-0.2, -0.15) is 0 Å². The Morgan fingerprint density at radius 1 is 0.900 bits per heavy atom. The van der Waals surface area contributed by atoms with E-state index in [1.54, 1.807) is 0 Å². The minimum atomic E-state index is 0.196. The SMILES string of the molecule is CC(C)c1ccc(C(C)(C)C)cc1Sc1ccccc1. The molecular formula is C19H24S. The Morgan fingerprint density at radius 3 is 2.10 bits per heavy atom. The van der Waals surface area contributed by atoms with E-state index in [9.17, 15) is 0 Å². The highest BCUT2D eigenvalue weighted by Crippen LogP contribution is 2.36. The van der Waals surface area contributed by atoms with Crippen molar-refractivity contribution in [1.29, 1.82) is 0 Å². The highest BCUT2D eigenvalue weighted by atomic mass is 32.2. The maximum atomic E-state index is 2.37. The van der Waals surface area contributed by atoms with Crippen molar-refractivity contribution < 1.29 is 0 Å². The molecule has 0 saturated carbocycles. The van der Waals surface area contributed by atoms with Crippen LogP contribution in [0.2, 0.25) is 0 Å². The molecule has 0 heterocycles. The first-order chi connectivity index (χ1) is 9.38. The molecule has 0 aliphatic rings. The van der Waals surface area contributed by atoms with Crippen LogP contribution < -0.4 is 0 Å². The predicted molar refractivity (Wildman–Crippen MR) is 89.8 cm³/mol. The largest absolute Gasteiger partial charge is 0.0898 e. The van der Waals surface area contributed by atoms with Gasteiger partial charge in [0.1, 0.15) is 0 Å². The van der Waals surface area contributed by atoms with E-state index in [-0.39, 0.29) is 5.41 Å². The van der Waals surface area contributed by atoms with Gasteiger partial charge in [-0.1, -0.05) is 76.7 Å². The van der Waals surface area contributed by atoms with Crippen LogP contribution in [0, 0.1) is 0 Å². The van der Waals surface area contributed by atoms with Gasteiger partial charge in [0.15, 0.2) is 0 Å². The molecule has 2 aromatic rings. The van der Waals surface area contributed by atoms with Crippen molar-refractivity contribution in [3.8, 4) is 0 Å². The second-order valence-corrected chi connectivity index (χ2v) is 7.69. The lowest BCUT2D eigenvalue weighted by molar-refractivity contribution is 0.587. The summed E-state index contributed by atoms with van der Waals surface area (Å²) in [5, 5.41) is 0. The Hall–Kier alpha value is -1.21. The van der Waals surface area contributed by atoms with E-state index in [1.807, 2.05) is 11.8 Å². The van der Waals surface area contributed by atoms with Crippen molar-refractivity contribution >= 4 is 11.8 Å². The maximum Gasteiger partial charge on any atom is 0.0159 e. The summed E-state index contributed by atoms with van der Waals surface area (Å²) >= 11 is 1.87. The van der Waals surface area contributed by atoms with Crippen molar-refractivity contribution in [3.63, 3.8) is 0 Å². The minimum absolute atomic E-state index is 0.196. The van der Waals surface area contributed by atoms with E-state index in [2.05, 4.69) is 83.1 Å². The molecular weight excluding hydrogens is 260 g/mol. The summed E-state index contributed by atoms with van der Waals surface area (Å²) in [4.78, 5) is 2.69. The molecule has 2 aromatic carbocycles. The van der Waals surface area contributed by atoms with Crippen LogP contribution in [0.1, 0.15) is 51.7 Å². The van der Waals surface area contributed by atoms with Crippen molar-refractivity contribution in [2.75, 3.05) is 0 Å². The van der Waals surface area contributed by atoms with E-state index in [0.717, 1.165) is 0 Å². The third kappa shape index (κ3) is 3.67. The first kappa shape index (κ1) is 15.2. The lowest BCUT2D eigenvalue weighted by Gasteiger charge is -2.22. The topological polar surface area (TPSA) is 0 Å². The molecule has 0 unspecified atom stereocenters. The van der Waals surface area contributed by atoms with Crippen LogP contribution >= 0.6 is 11.8 Å². The quantitative estimate of drug-likeness (QED) is 0.641. The van der Waals surface area contributed by atoms with Crippen LogP contribution in [0.4, 0.5) is 0 Å². The molecule has 1 heteroatoms. The lowest BCUT2D eigenvalue weighted by atomic mass is 9.86. The summed E-state index contributed by atoms with van der Waals surface area (Å²) < 4.78 is 0. The van der Waals surface area contributed by atoms with E-state index >= 15 is 0 Å². The molecule has 0 fully saturated rings. The van der Waals surface area contributed by atoms with Crippen LogP contribution in [-0.2, 0) is 5.41 Å². The number of hydrogen-bond acceptors (Lipinski definition) is 1. The Kier molecular flexibility index (Phi) is 4.59. The summed E-state index contributed by atoms with van der Waals surface area (Å²) in [6.45, 7) is 11.3. The van der Waals surface area contributed by atoms with Crippen LogP contribution in [0.3, 0.4) is 0 Å². The van der Waals surface area contributed by atoms with E-state index in [1.165, 1.54) is 20.9 Å². The molecule has 0 amide bonds. The molecule has 0 aliphatic heterocycles. The third-order valence-corrected chi connectivity index (χ3v) is 4.55. The summed E-state index contributed by atoms with van der Waals surface area (Å²) in [5.41, 5.74) is 3.04. The van der Waals surface area contributed by atoms with Gasteiger partial charge >= 0.3 is 0 Å². The number of rotatable bonds is 3. The zero-order valence-corrected chi connectivity index (χ0v) is 13.9. The molecule has 0 N–H and O–H groups in total. The van der Waals surface area contributed by atoms with Gasteiger partial charge in [0.2, 0.25) is 0 Å². The fourth-order valence-corrected chi connectivity index (χ4v) is 3.34.